The van der Waals surface area contributed by atoms with E-state index in [0.717, 1.165) is 55.4 Å². The van der Waals surface area contributed by atoms with Gasteiger partial charge in [0.2, 0.25) is 5.89 Å². The molecule has 3 unspecified atom stereocenters. The Hall–Kier alpha value is -0.640. The molecule has 144 valence electrons. The number of guanidine groups is 1. The third kappa shape index (κ3) is 6.88. The summed E-state index contributed by atoms with van der Waals surface area (Å²) < 4.78 is 17.7. The number of oxazole rings is 1. The van der Waals surface area contributed by atoms with Crippen LogP contribution in [0.3, 0.4) is 0 Å². The summed E-state index contributed by atoms with van der Waals surface area (Å²) in [6, 6.07) is 0.324. The minimum Gasteiger partial charge on any atom is -0.444 e. The lowest BCUT2D eigenvalue weighted by molar-refractivity contribution is 0.412. The third-order valence-corrected chi connectivity index (χ3v) is 6.15. The molecule has 1 aromatic rings. The molecule has 8 heteroatoms. The van der Waals surface area contributed by atoms with Crippen molar-refractivity contribution in [3.8, 4) is 0 Å². The van der Waals surface area contributed by atoms with Crippen molar-refractivity contribution in [3.63, 3.8) is 0 Å². The van der Waals surface area contributed by atoms with E-state index in [4.69, 9.17) is 4.42 Å². The van der Waals surface area contributed by atoms with Crippen molar-refractivity contribution in [2.45, 2.75) is 71.2 Å². The largest absolute Gasteiger partial charge is 0.444 e. The van der Waals surface area contributed by atoms with E-state index in [1.807, 2.05) is 27.7 Å². The summed E-state index contributed by atoms with van der Waals surface area (Å²) in [4.78, 5) is 8.95. The second-order valence-corrected chi connectivity index (χ2v) is 8.25. The molecule has 0 saturated heterocycles. The van der Waals surface area contributed by atoms with E-state index in [1.54, 1.807) is 0 Å². The number of hydrogen-bond donors (Lipinski definition) is 2. The maximum atomic E-state index is 12.1. The predicted molar refractivity (Wildman–Crippen MR) is 114 cm³/mol. The summed E-state index contributed by atoms with van der Waals surface area (Å²) in [5.41, 5.74) is 0.912. The normalized spacial score (nSPS) is 22.2. The molecule has 2 rings (SSSR count). The van der Waals surface area contributed by atoms with Gasteiger partial charge in [-0.05, 0) is 40.0 Å². The van der Waals surface area contributed by atoms with Crippen LogP contribution in [0.4, 0.5) is 0 Å². The van der Waals surface area contributed by atoms with E-state index in [-0.39, 0.29) is 24.0 Å². The lowest BCUT2D eigenvalue weighted by atomic mass is 9.95. The smallest absolute Gasteiger partial charge is 0.216 e. The molecule has 0 spiro atoms. The molecule has 0 aliphatic heterocycles. The number of aryl methyl sites for hydroxylation is 2. The molecular weight excluding hydrogens is 451 g/mol. The quantitative estimate of drug-likeness (QED) is 0.370. The molecular formula is C17H31IN4O2S. The summed E-state index contributed by atoms with van der Waals surface area (Å²) in [7, 11) is -0.711. The van der Waals surface area contributed by atoms with Gasteiger partial charge in [0.15, 0.2) is 5.96 Å². The molecule has 0 aromatic carbocycles. The Morgan fingerprint density at radius 1 is 1.36 bits per heavy atom. The van der Waals surface area contributed by atoms with Gasteiger partial charge >= 0.3 is 0 Å². The van der Waals surface area contributed by atoms with E-state index in [9.17, 15) is 4.21 Å². The van der Waals surface area contributed by atoms with Crippen LogP contribution in [0.2, 0.25) is 0 Å². The Balaban J connectivity index is 0.00000312. The van der Waals surface area contributed by atoms with Crippen LogP contribution in [0.5, 0.6) is 0 Å². The molecule has 0 radical (unpaired) electrons. The first-order valence-corrected chi connectivity index (χ1v) is 10.3. The Morgan fingerprint density at radius 2 is 2.12 bits per heavy atom. The average Bonchev–Trinajstić information content (AvgIpc) is 2.90. The lowest BCUT2D eigenvalue weighted by Crippen LogP contribution is -2.46. The van der Waals surface area contributed by atoms with E-state index in [2.05, 4.69) is 20.6 Å². The molecule has 2 N–H and O–H groups in total. The Morgan fingerprint density at radius 3 is 2.72 bits per heavy atom. The van der Waals surface area contributed by atoms with Crippen LogP contribution in [0.25, 0.3) is 0 Å². The van der Waals surface area contributed by atoms with Gasteiger partial charge in [-0.1, -0.05) is 13.3 Å². The van der Waals surface area contributed by atoms with E-state index >= 15 is 0 Å². The Kier molecular flexibility index (Phi) is 9.99. The number of aliphatic imine (C=N–C) groups is 1. The van der Waals surface area contributed by atoms with Crippen LogP contribution in [0.1, 0.15) is 56.9 Å². The summed E-state index contributed by atoms with van der Waals surface area (Å²) in [5, 5.41) is 7.07. The van der Waals surface area contributed by atoms with Crippen LogP contribution in [0.15, 0.2) is 9.41 Å². The average molecular weight is 482 g/mol. The van der Waals surface area contributed by atoms with Crippen LogP contribution in [0, 0.1) is 13.8 Å². The highest BCUT2D eigenvalue weighted by molar-refractivity contribution is 14.0. The fourth-order valence-electron chi connectivity index (χ4n) is 3.02. The zero-order chi connectivity index (χ0) is 17.5. The molecule has 0 bridgehead atoms. The molecule has 25 heavy (non-hydrogen) atoms. The molecule has 1 saturated carbocycles. The van der Waals surface area contributed by atoms with Gasteiger partial charge < -0.3 is 15.1 Å². The van der Waals surface area contributed by atoms with Crippen molar-refractivity contribution >= 4 is 40.7 Å². The van der Waals surface area contributed by atoms with Gasteiger partial charge in [0.1, 0.15) is 12.3 Å². The zero-order valence-electron chi connectivity index (χ0n) is 15.6. The number of aromatic nitrogens is 1. The number of nitrogens with zero attached hydrogens (tertiary/aromatic N) is 2. The molecule has 1 aromatic heterocycles. The fraction of sp³-hybridized carbons (Fsp3) is 0.765. The predicted octanol–water partition coefficient (Wildman–Crippen LogP) is 3.04. The van der Waals surface area contributed by atoms with Crippen LogP contribution in [-0.2, 0) is 17.3 Å². The van der Waals surface area contributed by atoms with Crippen LogP contribution in [-0.4, -0.2) is 38.7 Å². The zero-order valence-corrected chi connectivity index (χ0v) is 18.8. The molecule has 6 nitrogen and oxygen atoms in total. The second kappa shape index (κ2) is 11.2. The first-order valence-electron chi connectivity index (χ1n) is 8.88. The first kappa shape index (κ1) is 22.4. The lowest BCUT2D eigenvalue weighted by Gasteiger charge is -2.30. The van der Waals surface area contributed by atoms with Crippen molar-refractivity contribution in [3.05, 3.63) is 17.3 Å². The summed E-state index contributed by atoms with van der Waals surface area (Å²) in [5.74, 6) is 3.00. The monoisotopic (exact) mass is 482 g/mol. The molecule has 1 aliphatic rings. The van der Waals surface area contributed by atoms with Crippen molar-refractivity contribution in [1.29, 1.82) is 0 Å². The Bertz CT molecular complexity index is 572. The highest BCUT2D eigenvalue weighted by Crippen LogP contribution is 2.23. The SMILES string of the molecule is CCNC(=NCc1nc(C)c(C)o1)NC1CCCC(S(=O)CC)C1.I. The molecule has 0 amide bonds. The van der Waals surface area contributed by atoms with Gasteiger partial charge in [0.25, 0.3) is 0 Å². The number of nitrogens with one attached hydrogen (secondary N) is 2. The van der Waals surface area contributed by atoms with Gasteiger partial charge in [-0.2, -0.15) is 0 Å². The third-order valence-electron chi connectivity index (χ3n) is 4.41. The second-order valence-electron chi connectivity index (χ2n) is 6.24. The van der Waals surface area contributed by atoms with Gasteiger partial charge in [-0.3, -0.25) is 4.21 Å². The maximum Gasteiger partial charge on any atom is 0.216 e. The highest BCUT2D eigenvalue weighted by atomic mass is 127. The minimum atomic E-state index is -0.711. The first-order chi connectivity index (χ1) is 11.5. The summed E-state index contributed by atoms with van der Waals surface area (Å²) in [6.45, 7) is 9.11. The van der Waals surface area contributed by atoms with Crippen LogP contribution < -0.4 is 10.6 Å². The number of hydrogen-bond acceptors (Lipinski definition) is 4. The van der Waals surface area contributed by atoms with Crippen molar-refractivity contribution in [1.82, 2.24) is 15.6 Å². The van der Waals surface area contributed by atoms with E-state index in [0.29, 0.717) is 23.7 Å². The standard InChI is InChI=1S/C17H30N4O2S.HI/c1-5-18-17(19-11-16-20-12(3)13(4)23-16)21-14-8-7-9-15(10-14)24(22)6-2;/h14-15H,5-11H2,1-4H3,(H2,18,19,21);1H. The van der Waals surface area contributed by atoms with E-state index < -0.39 is 10.8 Å². The van der Waals surface area contributed by atoms with Gasteiger partial charge in [-0.25, -0.2) is 9.98 Å². The molecule has 3 atom stereocenters. The summed E-state index contributed by atoms with van der Waals surface area (Å²) in [6.07, 6.45) is 4.23. The van der Waals surface area contributed by atoms with Gasteiger partial charge in [0, 0.05) is 34.4 Å². The van der Waals surface area contributed by atoms with Gasteiger partial charge in [-0.15, -0.1) is 24.0 Å². The molecule has 1 heterocycles. The van der Waals surface area contributed by atoms with Crippen LogP contribution >= 0.6 is 24.0 Å². The number of halogens is 1. The fourth-order valence-corrected chi connectivity index (χ4v) is 4.37. The Labute approximate surface area is 170 Å². The summed E-state index contributed by atoms with van der Waals surface area (Å²) >= 11 is 0. The van der Waals surface area contributed by atoms with Crippen molar-refractivity contribution in [2.24, 2.45) is 4.99 Å². The maximum absolute atomic E-state index is 12.1. The van der Waals surface area contributed by atoms with Crippen molar-refractivity contribution in [2.75, 3.05) is 12.3 Å². The number of rotatable bonds is 6. The van der Waals surface area contributed by atoms with Crippen molar-refractivity contribution < 1.29 is 8.63 Å². The topological polar surface area (TPSA) is 79.5 Å². The minimum absolute atomic E-state index is 0. The molecule has 1 aliphatic carbocycles. The molecule has 1 fully saturated rings. The highest BCUT2D eigenvalue weighted by Gasteiger charge is 2.26. The van der Waals surface area contributed by atoms with Gasteiger partial charge in [0.05, 0.1) is 5.69 Å². The van der Waals surface area contributed by atoms with E-state index in [1.165, 1.54) is 0 Å².